The van der Waals surface area contributed by atoms with Gasteiger partial charge in [0, 0.05) is 23.1 Å². The number of hydrogen-bond acceptors (Lipinski definition) is 6. The lowest BCUT2D eigenvalue weighted by molar-refractivity contribution is 0.0983. The van der Waals surface area contributed by atoms with Crippen LogP contribution in [0.5, 0.6) is 5.75 Å². The maximum atomic E-state index is 12.5. The zero-order valence-electron chi connectivity index (χ0n) is 16.4. The number of halogens is 2. The fourth-order valence-electron chi connectivity index (χ4n) is 2.79. The smallest absolute Gasteiger partial charge is 0.194 e. The van der Waals surface area contributed by atoms with Crippen LogP contribution in [0.15, 0.2) is 40.7 Å². The van der Waals surface area contributed by atoms with Crippen molar-refractivity contribution in [1.29, 1.82) is 0 Å². The van der Waals surface area contributed by atoms with Gasteiger partial charge in [-0.2, -0.15) is 0 Å². The van der Waals surface area contributed by atoms with Crippen molar-refractivity contribution >= 4 is 63.2 Å². The molecule has 156 valence electrons. The normalized spacial score (nSPS) is 11.7. The van der Waals surface area contributed by atoms with Crippen LogP contribution < -0.4 is 0 Å². The van der Waals surface area contributed by atoms with Crippen LogP contribution in [-0.4, -0.2) is 28.9 Å². The highest BCUT2D eigenvalue weighted by Gasteiger charge is 2.17. The lowest BCUT2D eigenvalue weighted by Crippen LogP contribution is -2.04. The van der Waals surface area contributed by atoms with Crippen molar-refractivity contribution in [2.45, 2.75) is 26.7 Å². The summed E-state index contributed by atoms with van der Waals surface area (Å²) in [5.41, 5.74) is 1.88. The molecule has 0 unspecified atom stereocenters. The molecule has 1 N–H and O–H groups in total. The van der Waals surface area contributed by atoms with Crippen LogP contribution in [0, 0.1) is 0 Å². The average Bonchev–Trinajstić information content (AvgIpc) is 3.35. The van der Waals surface area contributed by atoms with Gasteiger partial charge in [0.2, 0.25) is 0 Å². The Bertz CT molecular complexity index is 1130. The van der Waals surface area contributed by atoms with Crippen molar-refractivity contribution < 1.29 is 14.7 Å². The van der Waals surface area contributed by atoms with Gasteiger partial charge in [-0.25, -0.2) is 0 Å². The molecule has 0 amide bonds. The minimum absolute atomic E-state index is 0.0504. The second-order valence-electron chi connectivity index (χ2n) is 6.62. The van der Waals surface area contributed by atoms with Crippen LogP contribution >= 0.6 is 45.9 Å². The first-order valence-corrected chi connectivity index (χ1v) is 11.7. The highest BCUT2D eigenvalue weighted by Crippen LogP contribution is 2.40. The standard InChI is InChI=1S/C22H19Cl2NO3S2/c1-3-4-17(26)19-7-8-20(30-19)18(27)10-25-12(2)14-11-29-22(21(14)28)13-5-6-15(23)16(24)9-13/h5-9,11,28H,3-4,10H2,1-2H3. The third-order valence-corrected chi connectivity index (χ3v) is 7.35. The zero-order chi connectivity index (χ0) is 21.8. The molecule has 0 radical (unpaired) electrons. The van der Waals surface area contributed by atoms with Crippen molar-refractivity contribution in [3.63, 3.8) is 0 Å². The molecule has 4 nitrogen and oxygen atoms in total. The molecular formula is C22H19Cl2NO3S2. The summed E-state index contributed by atoms with van der Waals surface area (Å²) in [6, 6.07) is 8.53. The van der Waals surface area contributed by atoms with Gasteiger partial charge in [-0.15, -0.1) is 22.7 Å². The summed E-state index contributed by atoms with van der Waals surface area (Å²) in [7, 11) is 0. The van der Waals surface area contributed by atoms with Gasteiger partial charge in [-0.05, 0) is 43.2 Å². The third-order valence-electron chi connectivity index (χ3n) is 4.43. The molecule has 0 atom stereocenters. The monoisotopic (exact) mass is 479 g/mol. The van der Waals surface area contributed by atoms with Crippen LogP contribution in [0.1, 0.15) is 51.6 Å². The first-order chi connectivity index (χ1) is 14.3. The molecule has 0 saturated carbocycles. The van der Waals surface area contributed by atoms with Crippen LogP contribution in [0.3, 0.4) is 0 Å². The summed E-state index contributed by atoms with van der Waals surface area (Å²) < 4.78 is 0. The van der Waals surface area contributed by atoms with Crippen molar-refractivity contribution in [1.82, 2.24) is 0 Å². The van der Waals surface area contributed by atoms with E-state index in [4.69, 9.17) is 23.2 Å². The van der Waals surface area contributed by atoms with Gasteiger partial charge < -0.3 is 5.11 Å². The fraction of sp³-hybridized carbons (Fsp3) is 0.227. The molecule has 0 aliphatic rings. The molecule has 8 heteroatoms. The second-order valence-corrected chi connectivity index (χ2v) is 9.40. The molecule has 3 aromatic rings. The van der Waals surface area contributed by atoms with E-state index in [0.717, 1.165) is 12.0 Å². The number of nitrogens with zero attached hydrogens (tertiary/aromatic N) is 1. The molecule has 2 aromatic heterocycles. The van der Waals surface area contributed by atoms with E-state index in [1.807, 2.05) is 6.92 Å². The van der Waals surface area contributed by atoms with E-state index in [2.05, 4.69) is 4.99 Å². The van der Waals surface area contributed by atoms with Crippen LogP contribution in [-0.2, 0) is 0 Å². The number of carbonyl (C=O) groups is 2. The Morgan fingerprint density at radius 2 is 1.77 bits per heavy atom. The number of aromatic hydroxyl groups is 1. The van der Waals surface area contributed by atoms with Crippen LogP contribution in [0.4, 0.5) is 0 Å². The first kappa shape index (κ1) is 22.7. The lowest BCUT2D eigenvalue weighted by Gasteiger charge is -2.03. The molecule has 0 fully saturated rings. The number of Topliss-reactive ketones (excluding diaryl/α,β-unsaturated/α-hetero) is 2. The SMILES string of the molecule is CCCC(=O)c1ccc(C(=O)CN=C(C)c2csc(-c3ccc(Cl)c(Cl)c3)c2O)s1. The Morgan fingerprint density at radius 1 is 1.07 bits per heavy atom. The lowest BCUT2D eigenvalue weighted by atomic mass is 10.1. The minimum atomic E-state index is -0.158. The van der Waals surface area contributed by atoms with Crippen molar-refractivity contribution in [2.75, 3.05) is 6.54 Å². The van der Waals surface area contributed by atoms with Crippen LogP contribution in [0.2, 0.25) is 10.0 Å². The number of ketones is 2. The van der Waals surface area contributed by atoms with E-state index in [1.165, 1.54) is 22.7 Å². The molecule has 0 aliphatic heterocycles. The molecule has 3 rings (SSSR count). The summed E-state index contributed by atoms with van der Waals surface area (Å²) in [6.45, 7) is 3.64. The van der Waals surface area contributed by atoms with E-state index in [0.29, 0.717) is 42.4 Å². The number of benzene rings is 1. The van der Waals surface area contributed by atoms with Crippen molar-refractivity contribution in [3.05, 3.63) is 61.1 Å². The van der Waals surface area contributed by atoms with Crippen LogP contribution in [0.25, 0.3) is 10.4 Å². The number of aliphatic imine (C=N–C) groups is 1. The quantitative estimate of drug-likeness (QED) is 0.275. The average molecular weight is 480 g/mol. The van der Waals surface area contributed by atoms with Gasteiger partial charge in [0.25, 0.3) is 0 Å². The van der Waals surface area contributed by atoms with Gasteiger partial charge in [-0.1, -0.05) is 36.2 Å². The third kappa shape index (κ3) is 5.01. The maximum absolute atomic E-state index is 12.5. The Labute approximate surface area is 192 Å². The summed E-state index contributed by atoms with van der Waals surface area (Å²) in [5.74, 6) is -0.00996. The first-order valence-electron chi connectivity index (χ1n) is 9.25. The Hall–Kier alpha value is -1.99. The maximum Gasteiger partial charge on any atom is 0.194 e. The van der Waals surface area contributed by atoms with E-state index in [9.17, 15) is 14.7 Å². The Balaban J connectivity index is 1.74. The van der Waals surface area contributed by atoms with Gasteiger partial charge in [0.1, 0.15) is 12.3 Å². The Morgan fingerprint density at radius 3 is 2.43 bits per heavy atom. The zero-order valence-corrected chi connectivity index (χ0v) is 19.5. The molecular weight excluding hydrogens is 461 g/mol. The predicted molar refractivity (Wildman–Crippen MR) is 126 cm³/mol. The molecule has 2 heterocycles. The minimum Gasteiger partial charge on any atom is -0.506 e. The summed E-state index contributed by atoms with van der Waals surface area (Å²) in [4.78, 5) is 30.5. The highest BCUT2D eigenvalue weighted by molar-refractivity contribution is 7.16. The number of hydrogen-bond donors (Lipinski definition) is 1. The number of carbonyl (C=O) groups excluding carboxylic acids is 2. The number of rotatable bonds is 8. The molecule has 30 heavy (non-hydrogen) atoms. The largest absolute Gasteiger partial charge is 0.506 e. The van der Waals surface area contributed by atoms with E-state index >= 15 is 0 Å². The summed E-state index contributed by atoms with van der Waals surface area (Å²) in [5, 5.41) is 13.3. The molecule has 0 bridgehead atoms. The Kier molecular flexibility index (Phi) is 7.47. The summed E-state index contributed by atoms with van der Waals surface area (Å²) in [6.07, 6.45) is 1.25. The second kappa shape index (κ2) is 9.88. The van der Waals surface area contributed by atoms with Gasteiger partial charge >= 0.3 is 0 Å². The molecule has 0 saturated heterocycles. The fourth-order valence-corrected chi connectivity index (χ4v) is 5.00. The highest BCUT2D eigenvalue weighted by atomic mass is 35.5. The predicted octanol–water partition coefficient (Wildman–Crippen LogP) is 7.16. The van der Waals surface area contributed by atoms with Gasteiger partial charge in [-0.3, -0.25) is 14.6 Å². The van der Waals surface area contributed by atoms with E-state index in [-0.39, 0.29) is 23.9 Å². The topological polar surface area (TPSA) is 66.7 Å². The van der Waals surface area contributed by atoms with E-state index in [1.54, 1.807) is 42.6 Å². The molecule has 0 aliphatic carbocycles. The van der Waals surface area contributed by atoms with Crippen molar-refractivity contribution in [2.24, 2.45) is 4.99 Å². The molecule has 1 aromatic carbocycles. The van der Waals surface area contributed by atoms with Gasteiger partial charge in [0.05, 0.1) is 24.7 Å². The summed E-state index contributed by atoms with van der Waals surface area (Å²) >= 11 is 14.6. The van der Waals surface area contributed by atoms with Crippen molar-refractivity contribution in [3.8, 4) is 16.2 Å². The number of thiophene rings is 2. The van der Waals surface area contributed by atoms with Gasteiger partial charge in [0.15, 0.2) is 11.6 Å². The molecule has 0 spiro atoms. The van der Waals surface area contributed by atoms with E-state index < -0.39 is 0 Å².